The second-order valence-corrected chi connectivity index (χ2v) is 5.91. The standard InChI is InChI=1S/C13HF19O/c14-3-1(2(8(19,20)21)6(33)5(16)4(3)15)7(17,18)9(22,23)10(24,25)11(26,27)12(28,29)13(30,31)32/h33H. The van der Waals surface area contributed by atoms with E-state index in [0.29, 0.717) is 0 Å². The minimum atomic E-state index is -8.65. The lowest BCUT2D eigenvalue weighted by Gasteiger charge is -2.40. The highest BCUT2D eigenvalue weighted by Crippen LogP contribution is 2.63. The van der Waals surface area contributed by atoms with Crippen LogP contribution >= 0.6 is 0 Å². The van der Waals surface area contributed by atoms with E-state index in [9.17, 15) is 83.4 Å². The van der Waals surface area contributed by atoms with Crippen LogP contribution in [0.3, 0.4) is 0 Å². The van der Waals surface area contributed by atoms with Gasteiger partial charge in [0.1, 0.15) is 5.56 Å². The molecule has 0 aliphatic rings. The van der Waals surface area contributed by atoms with E-state index < -0.39 is 76.3 Å². The van der Waals surface area contributed by atoms with Crippen LogP contribution in [0.15, 0.2) is 0 Å². The van der Waals surface area contributed by atoms with Gasteiger partial charge in [0, 0.05) is 0 Å². The number of phenolic OH excluding ortho intramolecular Hbond substituents is 1. The summed E-state index contributed by atoms with van der Waals surface area (Å²) in [5.41, 5.74) is -8.59. The average Bonchev–Trinajstić information content (AvgIpc) is 2.59. The zero-order valence-corrected chi connectivity index (χ0v) is 14.1. The molecule has 0 saturated carbocycles. The SMILES string of the molecule is Oc1c(F)c(F)c(F)c(C(F)(F)C(F)(F)C(F)(F)C(F)(F)C(F)(F)C(F)(F)F)c1C(F)(F)F. The van der Waals surface area contributed by atoms with Crippen molar-refractivity contribution in [1.29, 1.82) is 0 Å². The van der Waals surface area contributed by atoms with Crippen molar-refractivity contribution in [3.8, 4) is 5.75 Å². The van der Waals surface area contributed by atoms with Crippen LogP contribution in [0.4, 0.5) is 83.4 Å². The molecule has 20 heteroatoms. The maximum absolute atomic E-state index is 14.0. The van der Waals surface area contributed by atoms with Gasteiger partial charge in [-0.1, -0.05) is 0 Å². The molecule has 0 amide bonds. The topological polar surface area (TPSA) is 20.2 Å². The number of hydrogen-bond acceptors (Lipinski definition) is 1. The maximum atomic E-state index is 14.0. The first kappa shape index (κ1) is 28.7. The molecular formula is C13HF19O. The van der Waals surface area contributed by atoms with Gasteiger partial charge in [0.15, 0.2) is 17.4 Å². The predicted molar refractivity (Wildman–Crippen MR) is 62.7 cm³/mol. The molecule has 0 fully saturated rings. The van der Waals surface area contributed by atoms with Crippen molar-refractivity contribution in [2.24, 2.45) is 0 Å². The second-order valence-electron chi connectivity index (χ2n) is 5.91. The number of aromatic hydroxyl groups is 1. The van der Waals surface area contributed by atoms with Crippen LogP contribution in [-0.2, 0) is 12.1 Å². The largest absolute Gasteiger partial charge is 0.504 e. The molecule has 0 aliphatic heterocycles. The summed E-state index contributed by atoms with van der Waals surface area (Å²) in [6, 6.07) is 0. The van der Waals surface area contributed by atoms with E-state index in [1.54, 1.807) is 0 Å². The third-order valence-corrected chi connectivity index (χ3v) is 3.83. The summed E-state index contributed by atoms with van der Waals surface area (Å²) < 4.78 is 248. The fourth-order valence-corrected chi connectivity index (χ4v) is 2.15. The summed E-state index contributed by atoms with van der Waals surface area (Å²) in [5, 5.41) is 8.76. The Kier molecular flexibility index (Phi) is 6.39. The van der Waals surface area contributed by atoms with Gasteiger partial charge in [-0.25, -0.2) is 8.78 Å². The first-order valence-corrected chi connectivity index (χ1v) is 7.06. The monoisotopic (exact) mass is 534 g/mol. The van der Waals surface area contributed by atoms with E-state index >= 15 is 0 Å². The van der Waals surface area contributed by atoms with Gasteiger partial charge in [0.05, 0.1) is 5.56 Å². The second kappa shape index (κ2) is 7.34. The van der Waals surface area contributed by atoms with Crippen molar-refractivity contribution < 1.29 is 88.5 Å². The van der Waals surface area contributed by atoms with Gasteiger partial charge in [-0.2, -0.15) is 74.6 Å². The molecule has 0 heterocycles. The number of rotatable bonds is 5. The molecule has 1 aromatic rings. The van der Waals surface area contributed by atoms with Gasteiger partial charge in [0.2, 0.25) is 5.82 Å². The Labute approximate surface area is 166 Å². The van der Waals surface area contributed by atoms with Crippen molar-refractivity contribution >= 4 is 0 Å². The molecule has 0 aliphatic carbocycles. The zero-order chi connectivity index (χ0) is 27.0. The number of alkyl halides is 16. The number of halogens is 19. The summed E-state index contributed by atoms with van der Waals surface area (Å²) in [6.07, 6.45) is -14.7. The van der Waals surface area contributed by atoms with Crippen LogP contribution < -0.4 is 0 Å². The molecule has 0 aromatic heterocycles. The van der Waals surface area contributed by atoms with Crippen molar-refractivity contribution in [3.63, 3.8) is 0 Å². The van der Waals surface area contributed by atoms with Crippen LogP contribution in [0.1, 0.15) is 11.1 Å². The Balaban J connectivity index is 4.08. The maximum Gasteiger partial charge on any atom is 0.460 e. The summed E-state index contributed by atoms with van der Waals surface area (Å²) in [6.45, 7) is 0. The molecule has 0 saturated heterocycles. The smallest absolute Gasteiger partial charge is 0.460 e. The van der Waals surface area contributed by atoms with Crippen LogP contribution in [-0.4, -0.2) is 35.0 Å². The normalized spacial score (nSPS) is 15.2. The van der Waals surface area contributed by atoms with Gasteiger partial charge in [-0.05, 0) is 0 Å². The molecule has 0 atom stereocenters. The highest BCUT2D eigenvalue weighted by Gasteiger charge is 2.91. The summed E-state index contributed by atoms with van der Waals surface area (Å²) in [7, 11) is 0. The molecule has 0 radical (unpaired) electrons. The number of hydrogen-bond donors (Lipinski definition) is 1. The minimum absolute atomic E-state index is 3.43. The molecular weight excluding hydrogens is 533 g/mol. The van der Waals surface area contributed by atoms with E-state index in [0.717, 1.165) is 0 Å². The van der Waals surface area contributed by atoms with Crippen LogP contribution in [0.25, 0.3) is 0 Å². The van der Waals surface area contributed by atoms with Crippen molar-refractivity contribution in [1.82, 2.24) is 0 Å². The van der Waals surface area contributed by atoms with Gasteiger partial charge >= 0.3 is 42.0 Å². The molecule has 0 unspecified atom stereocenters. The summed E-state index contributed by atoms with van der Waals surface area (Å²) in [4.78, 5) is 0. The van der Waals surface area contributed by atoms with Gasteiger partial charge in [-0.15, -0.1) is 0 Å². The lowest BCUT2D eigenvalue weighted by Crippen LogP contribution is -2.69. The van der Waals surface area contributed by atoms with Crippen LogP contribution in [0.5, 0.6) is 5.75 Å². The fraction of sp³-hybridized carbons (Fsp3) is 0.538. The summed E-state index contributed by atoms with van der Waals surface area (Å²) >= 11 is 0. The summed E-state index contributed by atoms with van der Waals surface area (Å²) in [5.74, 6) is -56.7. The molecule has 192 valence electrons. The molecule has 33 heavy (non-hydrogen) atoms. The van der Waals surface area contributed by atoms with Crippen LogP contribution in [0, 0.1) is 17.5 Å². The first-order chi connectivity index (χ1) is 14.1. The predicted octanol–water partition coefficient (Wildman–Crippen LogP) is 7.02. The third kappa shape index (κ3) is 3.68. The molecule has 0 spiro atoms. The van der Waals surface area contributed by atoms with E-state index in [4.69, 9.17) is 5.11 Å². The molecule has 1 rings (SSSR count). The highest BCUT2D eigenvalue weighted by molar-refractivity contribution is 5.47. The highest BCUT2D eigenvalue weighted by atomic mass is 19.4. The number of phenols is 1. The van der Waals surface area contributed by atoms with Gasteiger partial charge in [-0.3, -0.25) is 0 Å². The Hall–Kier alpha value is -2.31. The molecule has 1 N–H and O–H groups in total. The third-order valence-electron chi connectivity index (χ3n) is 3.83. The Bertz CT molecular complexity index is 921. The van der Waals surface area contributed by atoms with E-state index in [2.05, 4.69) is 0 Å². The Morgan fingerprint density at radius 3 is 1.12 bits per heavy atom. The first-order valence-electron chi connectivity index (χ1n) is 7.06. The van der Waals surface area contributed by atoms with Crippen molar-refractivity contribution in [2.45, 2.75) is 42.0 Å². The van der Waals surface area contributed by atoms with Crippen LogP contribution in [0.2, 0.25) is 0 Å². The lowest BCUT2D eigenvalue weighted by molar-refractivity contribution is -0.442. The van der Waals surface area contributed by atoms with E-state index in [-0.39, 0.29) is 0 Å². The zero-order valence-electron chi connectivity index (χ0n) is 14.1. The molecule has 0 bridgehead atoms. The van der Waals surface area contributed by atoms with E-state index in [1.807, 2.05) is 0 Å². The van der Waals surface area contributed by atoms with Gasteiger partial charge < -0.3 is 5.11 Å². The van der Waals surface area contributed by atoms with E-state index in [1.165, 1.54) is 0 Å². The Morgan fingerprint density at radius 1 is 0.424 bits per heavy atom. The number of benzene rings is 1. The average molecular weight is 534 g/mol. The van der Waals surface area contributed by atoms with Gasteiger partial charge in [0.25, 0.3) is 0 Å². The fourth-order valence-electron chi connectivity index (χ4n) is 2.15. The Morgan fingerprint density at radius 2 is 0.788 bits per heavy atom. The van der Waals surface area contributed by atoms with Crippen molar-refractivity contribution in [3.05, 3.63) is 28.6 Å². The van der Waals surface area contributed by atoms with Crippen molar-refractivity contribution in [2.75, 3.05) is 0 Å². The minimum Gasteiger partial charge on any atom is -0.504 e. The molecule has 1 nitrogen and oxygen atoms in total. The quantitative estimate of drug-likeness (QED) is 0.318. The lowest BCUT2D eigenvalue weighted by atomic mass is 9.87. The molecule has 1 aromatic carbocycles.